The van der Waals surface area contributed by atoms with Crippen LogP contribution in [0.5, 0.6) is 0 Å². The summed E-state index contributed by atoms with van der Waals surface area (Å²) in [6, 6.07) is 1.55. The van der Waals surface area contributed by atoms with E-state index in [9.17, 15) is 27.3 Å². The van der Waals surface area contributed by atoms with E-state index >= 15 is 0 Å². The van der Waals surface area contributed by atoms with E-state index in [0.717, 1.165) is 11.3 Å². The molecule has 1 aliphatic rings. The highest BCUT2D eigenvalue weighted by Gasteiger charge is 2.30. The number of hydrogen-bond acceptors (Lipinski definition) is 5. The van der Waals surface area contributed by atoms with Gasteiger partial charge in [-0.25, -0.2) is 14.1 Å². The van der Waals surface area contributed by atoms with Gasteiger partial charge in [0.05, 0.1) is 17.7 Å². The second-order valence-electron chi connectivity index (χ2n) is 7.54. The maximum Gasteiger partial charge on any atom is 0.394 e. The number of fused-ring (bicyclic) bond motifs is 1. The summed E-state index contributed by atoms with van der Waals surface area (Å²) in [4.78, 5) is 16.4. The molecule has 164 valence electrons. The van der Waals surface area contributed by atoms with E-state index in [4.69, 9.17) is 5.14 Å². The highest BCUT2D eigenvalue weighted by atomic mass is 32.2. The molecule has 2 aromatic rings. The maximum absolute atomic E-state index is 12.8. The Kier molecular flexibility index (Phi) is 5.98. The van der Waals surface area contributed by atoms with Crippen molar-refractivity contribution in [2.45, 2.75) is 55.5 Å². The topological polar surface area (TPSA) is 118 Å². The molecule has 0 spiro atoms. The Labute approximate surface area is 175 Å². The smallest absolute Gasteiger partial charge is 0.386 e. The summed E-state index contributed by atoms with van der Waals surface area (Å²) in [5.74, 6) is 0. The molecule has 0 fully saturated rings. The monoisotopic (exact) mass is 462 g/mol. The number of pyridine rings is 1. The SMILES string of the molecule is CC(C)(O)c1csc([S@@](N)(=O)=NC(=O)Nc2cc(CC(F)(F)F)nc3c2CCC3)c1. The van der Waals surface area contributed by atoms with Gasteiger partial charge in [-0.05, 0) is 61.7 Å². The standard InChI is InChI=1S/C18H21F3N4O3S2/c1-17(2,27)10-6-15(29-9-10)30(22,28)25-16(26)24-14-7-11(8-18(19,20)21)23-13-5-3-4-12(13)14/h6-7,9,27H,3-5,8H2,1-2H3,(H3,22,23,24,25,26,28)/t30-/m0/s1. The number of aryl methyl sites for hydroxylation is 1. The lowest BCUT2D eigenvalue weighted by Crippen LogP contribution is -2.19. The fraction of sp³-hybridized carbons (Fsp3) is 0.444. The number of nitrogens with zero attached hydrogens (tertiary/aromatic N) is 2. The number of carbonyl (C=O) groups is 1. The first-order valence-electron chi connectivity index (χ1n) is 9.00. The van der Waals surface area contributed by atoms with Crippen LogP contribution in [0.1, 0.15) is 42.8 Å². The molecule has 1 atom stereocenters. The third-order valence-corrected chi connectivity index (χ3v) is 7.37. The van der Waals surface area contributed by atoms with Crippen molar-refractivity contribution in [3.8, 4) is 0 Å². The van der Waals surface area contributed by atoms with Gasteiger partial charge in [0.25, 0.3) is 0 Å². The predicted octanol–water partition coefficient (Wildman–Crippen LogP) is 3.90. The molecule has 2 amide bonds. The van der Waals surface area contributed by atoms with Gasteiger partial charge in [0, 0.05) is 11.4 Å². The van der Waals surface area contributed by atoms with E-state index < -0.39 is 34.1 Å². The molecule has 0 bridgehead atoms. The molecule has 30 heavy (non-hydrogen) atoms. The second-order valence-corrected chi connectivity index (χ2v) is 10.5. The lowest BCUT2D eigenvalue weighted by molar-refractivity contribution is -0.127. The van der Waals surface area contributed by atoms with Crippen LogP contribution < -0.4 is 10.5 Å². The van der Waals surface area contributed by atoms with Gasteiger partial charge in [0.2, 0.25) is 0 Å². The Morgan fingerprint density at radius 1 is 1.37 bits per heavy atom. The van der Waals surface area contributed by atoms with Crippen LogP contribution in [0.4, 0.5) is 23.7 Å². The highest BCUT2D eigenvalue weighted by Crippen LogP contribution is 2.31. The summed E-state index contributed by atoms with van der Waals surface area (Å²) < 4.78 is 54.7. The molecule has 0 aromatic carbocycles. The summed E-state index contributed by atoms with van der Waals surface area (Å²) in [6.07, 6.45) is -3.87. The first-order valence-corrected chi connectivity index (χ1v) is 11.5. The first-order chi connectivity index (χ1) is 13.7. The van der Waals surface area contributed by atoms with Crippen LogP contribution >= 0.6 is 11.3 Å². The minimum Gasteiger partial charge on any atom is -0.386 e. The fourth-order valence-corrected chi connectivity index (χ4v) is 5.39. The Morgan fingerprint density at radius 2 is 2.07 bits per heavy atom. The number of carbonyl (C=O) groups excluding carboxylic acids is 1. The molecular weight excluding hydrogens is 441 g/mol. The van der Waals surface area contributed by atoms with Gasteiger partial charge in [-0.3, -0.25) is 4.98 Å². The molecule has 0 aliphatic heterocycles. The number of amides is 2. The molecule has 1 aliphatic carbocycles. The lowest BCUT2D eigenvalue weighted by Gasteiger charge is -2.14. The third kappa shape index (κ3) is 5.36. The summed E-state index contributed by atoms with van der Waals surface area (Å²) in [5.41, 5.74) is 0.407. The molecule has 2 heterocycles. The Bertz CT molecular complexity index is 1100. The van der Waals surface area contributed by atoms with Gasteiger partial charge < -0.3 is 10.4 Å². The molecule has 0 radical (unpaired) electrons. The number of anilines is 1. The number of urea groups is 1. The molecule has 4 N–H and O–H groups in total. The van der Waals surface area contributed by atoms with Gasteiger partial charge in [-0.2, -0.15) is 13.2 Å². The summed E-state index contributed by atoms with van der Waals surface area (Å²) >= 11 is 0.991. The minimum atomic E-state index is -4.44. The van der Waals surface area contributed by atoms with Crippen LogP contribution in [0, 0.1) is 0 Å². The van der Waals surface area contributed by atoms with Crippen molar-refractivity contribution in [3.05, 3.63) is 40.0 Å². The quantitative estimate of drug-likeness (QED) is 0.639. The van der Waals surface area contributed by atoms with Gasteiger partial charge in [0.1, 0.15) is 4.21 Å². The molecule has 7 nitrogen and oxygen atoms in total. The Hall–Kier alpha value is -2.02. The van der Waals surface area contributed by atoms with Crippen molar-refractivity contribution in [2.75, 3.05) is 5.32 Å². The van der Waals surface area contributed by atoms with Crippen molar-refractivity contribution in [3.63, 3.8) is 0 Å². The second kappa shape index (κ2) is 7.91. The Balaban J connectivity index is 1.88. The summed E-state index contributed by atoms with van der Waals surface area (Å²) in [5, 5.41) is 19.7. The summed E-state index contributed by atoms with van der Waals surface area (Å²) in [6.45, 7) is 3.09. The van der Waals surface area contributed by atoms with Crippen molar-refractivity contribution in [2.24, 2.45) is 9.50 Å². The van der Waals surface area contributed by atoms with Crippen LogP contribution in [0.3, 0.4) is 0 Å². The number of alkyl halides is 3. The van der Waals surface area contributed by atoms with Crippen LogP contribution in [0.25, 0.3) is 0 Å². The van der Waals surface area contributed by atoms with Crippen molar-refractivity contribution in [1.29, 1.82) is 0 Å². The zero-order chi connectivity index (χ0) is 22.3. The van der Waals surface area contributed by atoms with E-state index in [0.29, 0.717) is 36.1 Å². The highest BCUT2D eigenvalue weighted by molar-refractivity contribution is 7.93. The minimum absolute atomic E-state index is 0.104. The van der Waals surface area contributed by atoms with Gasteiger partial charge in [-0.15, -0.1) is 15.7 Å². The number of aliphatic hydroxyl groups is 1. The van der Waals surface area contributed by atoms with Crippen LogP contribution in [-0.4, -0.2) is 26.5 Å². The molecule has 0 unspecified atom stereocenters. The van der Waals surface area contributed by atoms with Crippen molar-refractivity contribution >= 4 is 33.0 Å². The molecule has 2 aromatic heterocycles. The normalized spacial score (nSPS) is 16.1. The number of rotatable bonds is 4. The number of nitrogens with one attached hydrogen (secondary N) is 1. The first kappa shape index (κ1) is 22.7. The van der Waals surface area contributed by atoms with Crippen LogP contribution in [0.15, 0.2) is 26.1 Å². The summed E-state index contributed by atoms with van der Waals surface area (Å²) in [7, 11) is -3.60. The molecule has 0 saturated heterocycles. The average molecular weight is 463 g/mol. The number of aromatic nitrogens is 1. The maximum atomic E-state index is 12.8. The van der Waals surface area contributed by atoms with Crippen LogP contribution in [0.2, 0.25) is 0 Å². The number of thiophene rings is 1. The molecule has 12 heteroatoms. The largest absolute Gasteiger partial charge is 0.394 e. The molecule has 3 rings (SSSR count). The fourth-order valence-electron chi connectivity index (χ4n) is 3.11. The zero-order valence-corrected chi connectivity index (χ0v) is 17.9. The van der Waals surface area contributed by atoms with E-state index in [-0.39, 0.29) is 15.6 Å². The van der Waals surface area contributed by atoms with Crippen molar-refractivity contribution in [1.82, 2.24) is 4.98 Å². The van der Waals surface area contributed by atoms with Crippen molar-refractivity contribution < 1.29 is 27.3 Å². The van der Waals surface area contributed by atoms with E-state index in [1.165, 1.54) is 12.1 Å². The molecular formula is C18H21F3N4O3S2. The number of nitrogens with two attached hydrogens (primary N) is 1. The van der Waals surface area contributed by atoms with E-state index in [1.807, 2.05) is 0 Å². The van der Waals surface area contributed by atoms with Gasteiger partial charge in [-0.1, -0.05) is 0 Å². The number of hydrogen-bond donors (Lipinski definition) is 3. The molecule has 0 saturated carbocycles. The van der Waals surface area contributed by atoms with Gasteiger partial charge >= 0.3 is 12.2 Å². The Morgan fingerprint density at radius 3 is 2.67 bits per heavy atom. The van der Waals surface area contributed by atoms with E-state index in [2.05, 4.69) is 14.7 Å². The number of halogens is 3. The van der Waals surface area contributed by atoms with Crippen LogP contribution in [-0.2, 0) is 34.8 Å². The van der Waals surface area contributed by atoms with Gasteiger partial charge in [0.15, 0.2) is 9.92 Å². The lowest BCUT2D eigenvalue weighted by atomic mass is 10.0. The van der Waals surface area contributed by atoms with E-state index in [1.54, 1.807) is 19.2 Å². The average Bonchev–Trinajstić information content (AvgIpc) is 3.21. The predicted molar refractivity (Wildman–Crippen MR) is 108 cm³/mol. The third-order valence-electron chi connectivity index (χ3n) is 4.52. The zero-order valence-electron chi connectivity index (χ0n) is 16.2.